The molecule has 1 unspecified atom stereocenters. The molecule has 1 atom stereocenters. The number of hydrogen-bond acceptors (Lipinski definition) is 4. The summed E-state index contributed by atoms with van der Waals surface area (Å²) in [7, 11) is 0. The molecule has 5 heteroatoms. The lowest BCUT2D eigenvalue weighted by Gasteiger charge is -2.17. The minimum atomic E-state index is 0.611. The molecule has 5 nitrogen and oxygen atoms in total. The van der Waals surface area contributed by atoms with Crippen LogP contribution in [0.3, 0.4) is 0 Å². The third-order valence-corrected chi connectivity index (χ3v) is 3.26. The standard InChI is InChI=1S/C10H17N5/c1-3-8(11-4-1)7-9-13-14-10-12-5-2-6-15(9)10/h8,11H,1-7H2,(H,12,14). The molecule has 3 rings (SSSR count). The van der Waals surface area contributed by atoms with E-state index in [9.17, 15) is 0 Å². The number of hydrogen-bond donors (Lipinski definition) is 2. The Hall–Kier alpha value is -1.10. The van der Waals surface area contributed by atoms with Crippen LogP contribution in [0.15, 0.2) is 0 Å². The molecule has 0 bridgehead atoms. The van der Waals surface area contributed by atoms with Gasteiger partial charge in [0, 0.05) is 25.6 Å². The van der Waals surface area contributed by atoms with Gasteiger partial charge in [-0.15, -0.1) is 10.2 Å². The molecule has 1 fully saturated rings. The van der Waals surface area contributed by atoms with E-state index >= 15 is 0 Å². The van der Waals surface area contributed by atoms with Crippen molar-refractivity contribution in [1.29, 1.82) is 0 Å². The molecular formula is C10H17N5. The fourth-order valence-corrected chi connectivity index (χ4v) is 2.44. The molecule has 1 aromatic rings. The predicted molar refractivity (Wildman–Crippen MR) is 57.9 cm³/mol. The van der Waals surface area contributed by atoms with E-state index in [-0.39, 0.29) is 0 Å². The van der Waals surface area contributed by atoms with Crippen LogP contribution in [0.25, 0.3) is 0 Å². The zero-order valence-electron chi connectivity index (χ0n) is 8.87. The number of fused-ring (bicyclic) bond motifs is 1. The van der Waals surface area contributed by atoms with Crippen LogP contribution in [0.1, 0.15) is 25.1 Å². The highest BCUT2D eigenvalue weighted by Gasteiger charge is 2.20. The number of aromatic nitrogens is 3. The second kappa shape index (κ2) is 3.81. The van der Waals surface area contributed by atoms with Gasteiger partial charge in [0.2, 0.25) is 5.95 Å². The Morgan fingerprint density at radius 2 is 2.27 bits per heavy atom. The Morgan fingerprint density at radius 1 is 1.27 bits per heavy atom. The van der Waals surface area contributed by atoms with Gasteiger partial charge in [-0.25, -0.2) is 0 Å². The summed E-state index contributed by atoms with van der Waals surface area (Å²) >= 11 is 0. The highest BCUT2D eigenvalue weighted by molar-refractivity contribution is 5.27. The molecule has 1 saturated heterocycles. The first-order valence-electron chi connectivity index (χ1n) is 5.83. The molecule has 0 radical (unpaired) electrons. The van der Waals surface area contributed by atoms with E-state index in [1.54, 1.807) is 0 Å². The first kappa shape index (κ1) is 9.15. The van der Waals surface area contributed by atoms with Crippen molar-refractivity contribution in [2.45, 2.75) is 38.3 Å². The fraction of sp³-hybridized carbons (Fsp3) is 0.800. The lowest BCUT2D eigenvalue weighted by atomic mass is 10.1. The Bertz CT molecular complexity index is 340. The number of rotatable bonds is 2. The van der Waals surface area contributed by atoms with E-state index in [2.05, 4.69) is 25.4 Å². The zero-order valence-corrected chi connectivity index (χ0v) is 8.87. The molecule has 82 valence electrons. The summed E-state index contributed by atoms with van der Waals surface area (Å²) in [6.45, 7) is 3.25. The van der Waals surface area contributed by atoms with Crippen molar-refractivity contribution in [3.05, 3.63) is 5.82 Å². The van der Waals surface area contributed by atoms with Crippen LogP contribution in [0.5, 0.6) is 0 Å². The minimum Gasteiger partial charge on any atom is -0.354 e. The van der Waals surface area contributed by atoms with Crippen LogP contribution in [0.2, 0.25) is 0 Å². The average Bonchev–Trinajstić information content (AvgIpc) is 2.89. The Morgan fingerprint density at radius 3 is 3.13 bits per heavy atom. The van der Waals surface area contributed by atoms with Gasteiger partial charge in [-0.3, -0.25) is 4.57 Å². The van der Waals surface area contributed by atoms with Crippen LogP contribution in [0, 0.1) is 0 Å². The van der Waals surface area contributed by atoms with Crippen molar-refractivity contribution in [1.82, 2.24) is 20.1 Å². The van der Waals surface area contributed by atoms with Crippen molar-refractivity contribution in [3.8, 4) is 0 Å². The molecule has 15 heavy (non-hydrogen) atoms. The van der Waals surface area contributed by atoms with E-state index < -0.39 is 0 Å². The van der Waals surface area contributed by atoms with E-state index in [1.807, 2.05) is 0 Å². The summed E-state index contributed by atoms with van der Waals surface area (Å²) in [5, 5.41) is 15.2. The minimum absolute atomic E-state index is 0.611. The number of anilines is 1. The summed E-state index contributed by atoms with van der Waals surface area (Å²) in [5.74, 6) is 2.09. The first-order chi connectivity index (χ1) is 7.43. The van der Waals surface area contributed by atoms with Crippen molar-refractivity contribution in [2.24, 2.45) is 0 Å². The lowest BCUT2D eigenvalue weighted by molar-refractivity contribution is 0.540. The highest BCUT2D eigenvalue weighted by atomic mass is 15.4. The van der Waals surface area contributed by atoms with Gasteiger partial charge >= 0.3 is 0 Å². The Kier molecular flexibility index (Phi) is 2.32. The van der Waals surface area contributed by atoms with Crippen LogP contribution in [-0.4, -0.2) is 33.9 Å². The van der Waals surface area contributed by atoms with Gasteiger partial charge in [-0.05, 0) is 25.8 Å². The summed E-state index contributed by atoms with van der Waals surface area (Å²) in [6.07, 6.45) is 4.77. The van der Waals surface area contributed by atoms with E-state index in [0.717, 1.165) is 37.8 Å². The van der Waals surface area contributed by atoms with Gasteiger partial charge in [0.25, 0.3) is 0 Å². The van der Waals surface area contributed by atoms with Gasteiger partial charge in [-0.1, -0.05) is 0 Å². The van der Waals surface area contributed by atoms with Crippen LogP contribution in [-0.2, 0) is 13.0 Å². The zero-order chi connectivity index (χ0) is 10.1. The molecule has 0 aliphatic carbocycles. The third-order valence-electron chi connectivity index (χ3n) is 3.26. The fourth-order valence-electron chi connectivity index (χ4n) is 2.44. The van der Waals surface area contributed by atoms with Gasteiger partial charge in [-0.2, -0.15) is 0 Å². The van der Waals surface area contributed by atoms with Crippen molar-refractivity contribution in [2.75, 3.05) is 18.4 Å². The van der Waals surface area contributed by atoms with Crippen molar-refractivity contribution in [3.63, 3.8) is 0 Å². The van der Waals surface area contributed by atoms with Crippen molar-refractivity contribution >= 4 is 5.95 Å². The summed E-state index contributed by atoms with van der Waals surface area (Å²) in [4.78, 5) is 0. The van der Waals surface area contributed by atoms with Crippen LogP contribution < -0.4 is 10.6 Å². The van der Waals surface area contributed by atoms with E-state index in [4.69, 9.17) is 0 Å². The summed E-state index contributed by atoms with van der Waals surface area (Å²) in [5.41, 5.74) is 0. The average molecular weight is 207 g/mol. The van der Waals surface area contributed by atoms with Gasteiger partial charge in [0.1, 0.15) is 5.82 Å². The van der Waals surface area contributed by atoms with Gasteiger partial charge in [0.15, 0.2) is 0 Å². The number of nitrogens with zero attached hydrogens (tertiary/aromatic N) is 3. The maximum atomic E-state index is 4.27. The van der Waals surface area contributed by atoms with Gasteiger partial charge in [0.05, 0.1) is 0 Å². The topological polar surface area (TPSA) is 54.8 Å². The second-order valence-corrected chi connectivity index (χ2v) is 4.37. The molecule has 2 aliphatic rings. The lowest BCUT2D eigenvalue weighted by Crippen LogP contribution is -2.26. The molecule has 0 saturated carbocycles. The summed E-state index contributed by atoms with van der Waals surface area (Å²) in [6, 6.07) is 0.611. The summed E-state index contributed by atoms with van der Waals surface area (Å²) < 4.78 is 2.23. The first-order valence-corrected chi connectivity index (χ1v) is 5.83. The molecular weight excluding hydrogens is 190 g/mol. The normalized spacial score (nSPS) is 24.9. The molecule has 0 amide bonds. The molecule has 2 N–H and O–H groups in total. The highest BCUT2D eigenvalue weighted by Crippen LogP contribution is 2.16. The molecule has 3 heterocycles. The maximum absolute atomic E-state index is 4.27. The Labute approximate surface area is 89.3 Å². The molecule has 0 aromatic carbocycles. The van der Waals surface area contributed by atoms with E-state index in [0.29, 0.717) is 6.04 Å². The largest absolute Gasteiger partial charge is 0.354 e. The van der Waals surface area contributed by atoms with Crippen molar-refractivity contribution < 1.29 is 0 Å². The van der Waals surface area contributed by atoms with Gasteiger partial charge < -0.3 is 10.6 Å². The third kappa shape index (κ3) is 1.71. The quantitative estimate of drug-likeness (QED) is 0.736. The molecule has 0 spiro atoms. The monoisotopic (exact) mass is 207 g/mol. The van der Waals surface area contributed by atoms with Crippen LogP contribution in [0.4, 0.5) is 5.95 Å². The predicted octanol–water partition coefficient (Wildman–Crippen LogP) is 0.388. The SMILES string of the molecule is C1CNC(Cc2nnc3n2CCCN3)C1. The molecule has 1 aromatic heterocycles. The van der Waals surface area contributed by atoms with Crippen LogP contribution >= 0.6 is 0 Å². The Balaban J connectivity index is 1.76. The van der Waals surface area contributed by atoms with E-state index in [1.165, 1.54) is 19.3 Å². The number of nitrogens with one attached hydrogen (secondary N) is 2. The maximum Gasteiger partial charge on any atom is 0.224 e. The second-order valence-electron chi connectivity index (χ2n) is 4.37. The smallest absolute Gasteiger partial charge is 0.224 e. The molecule has 2 aliphatic heterocycles.